The maximum Gasteiger partial charge on any atom is 0.180 e. The molecule has 0 aliphatic carbocycles. The minimum absolute atomic E-state index is 0.338. The Hall–Kier alpha value is -0.410. The van der Waals surface area contributed by atoms with E-state index in [1.165, 1.54) is 0 Å². The van der Waals surface area contributed by atoms with Gasteiger partial charge < -0.3 is 20.1 Å². The molecular formula is C12H11BrCl2N2O4. The zero-order valence-corrected chi connectivity index (χ0v) is 13.5. The number of halogens is 3. The molecule has 1 aromatic carbocycles. The second-order valence-electron chi connectivity index (χ2n) is 4.73. The van der Waals surface area contributed by atoms with Crippen LogP contribution in [-0.2, 0) is 4.74 Å². The summed E-state index contributed by atoms with van der Waals surface area (Å²) in [5.74, 6) is 0. The zero-order chi connectivity index (χ0) is 15.3. The van der Waals surface area contributed by atoms with Gasteiger partial charge in [-0.3, -0.25) is 4.57 Å². The van der Waals surface area contributed by atoms with Crippen molar-refractivity contribution in [3.8, 4) is 0 Å². The number of rotatable bonds is 2. The third kappa shape index (κ3) is 2.46. The fourth-order valence-corrected chi connectivity index (χ4v) is 3.30. The average Bonchev–Trinajstić information content (AvgIpc) is 2.89. The van der Waals surface area contributed by atoms with Gasteiger partial charge in [-0.05, 0) is 28.1 Å². The largest absolute Gasteiger partial charge is 0.394 e. The fraction of sp³-hybridized carbons (Fsp3) is 0.417. The second-order valence-corrected chi connectivity index (χ2v) is 6.26. The Bertz CT molecular complexity index is 695. The summed E-state index contributed by atoms with van der Waals surface area (Å²) in [5.41, 5.74) is 1.15. The van der Waals surface area contributed by atoms with Gasteiger partial charge in [0.2, 0.25) is 0 Å². The summed E-state index contributed by atoms with van der Waals surface area (Å²) in [6, 6.07) is 3.20. The molecule has 21 heavy (non-hydrogen) atoms. The number of hydrogen-bond donors (Lipinski definition) is 3. The number of fused-ring (bicyclic) bond motifs is 1. The molecule has 3 N–H and O–H groups in total. The molecule has 0 amide bonds. The first-order chi connectivity index (χ1) is 9.93. The molecule has 0 radical (unpaired) electrons. The van der Waals surface area contributed by atoms with E-state index in [0.717, 1.165) is 0 Å². The van der Waals surface area contributed by atoms with Crippen molar-refractivity contribution < 1.29 is 20.1 Å². The Labute approximate surface area is 138 Å². The van der Waals surface area contributed by atoms with Crippen LogP contribution in [0.15, 0.2) is 16.9 Å². The van der Waals surface area contributed by atoms with Gasteiger partial charge >= 0.3 is 0 Å². The van der Waals surface area contributed by atoms with Crippen molar-refractivity contribution in [2.75, 3.05) is 6.61 Å². The smallest absolute Gasteiger partial charge is 0.180 e. The first kappa shape index (κ1) is 15.5. The molecule has 6 nitrogen and oxygen atoms in total. The molecule has 1 fully saturated rings. The molecule has 0 spiro atoms. The molecule has 9 heteroatoms. The number of aliphatic hydroxyl groups is 3. The highest BCUT2D eigenvalue weighted by Gasteiger charge is 2.44. The lowest BCUT2D eigenvalue weighted by atomic mass is 10.1. The highest BCUT2D eigenvalue weighted by Crippen LogP contribution is 2.37. The van der Waals surface area contributed by atoms with E-state index >= 15 is 0 Å². The normalized spacial score (nSPS) is 29.4. The molecule has 2 aromatic rings. The quantitative estimate of drug-likeness (QED) is 0.718. The molecule has 0 bridgehead atoms. The lowest BCUT2D eigenvalue weighted by Crippen LogP contribution is -2.33. The molecule has 3 rings (SSSR count). The Morgan fingerprint density at radius 2 is 1.90 bits per heavy atom. The number of aromatic nitrogens is 2. The van der Waals surface area contributed by atoms with Crippen LogP contribution in [0.2, 0.25) is 10.0 Å². The van der Waals surface area contributed by atoms with Crippen molar-refractivity contribution in [1.29, 1.82) is 0 Å². The van der Waals surface area contributed by atoms with Gasteiger partial charge in [-0.25, -0.2) is 4.98 Å². The molecule has 0 unspecified atom stereocenters. The second kappa shape index (κ2) is 5.66. The van der Waals surface area contributed by atoms with E-state index < -0.39 is 31.1 Å². The lowest BCUT2D eigenvalue weighted by molar-refractivity contribution is -0.0518. The SMILES string of the molecule is OC[C@H]1O[C@H](n2c(Br)nc3cc(Cl)c(Cl)cc32)[C@@H](O)[C@H]1O. The summed E-state index contributed by atoms with van der Waals surface area (Å²) in [6.45, 7) is -0.397. The van der Waals surface area contributed by atoms with Gasteiger partial charge in [0.25, 0.3) is 0 Å². The topological polar surface area (TPSA) is 87.7 Å². The Balaban J connectivity index is 2.12. The summed E-state index contributed by atoms with van der Waals surface area (Å²) in [5, 5.41) is 29.8. The van der Waals surface area contributed by atoms with E-state index in [4.69, 9.17) is 33.0 Å². The van der Waals surface area contributed by atoms with Crippen LogP contribution in [0, 0.1) is 0 Å². The van der Waals surface area contributed by atoms with Gasteiger partial charge in [-0.1, -0.05) is 23.2 Å². The average molecular weight is 398 g/mol. The van der Waals surface area contributed by atoms with Crippen molar-refractivity contribution in [1.82, 2.24) is 9.55 Å². The van der Waals surface area contributed by atoms with Crippen LogP contribution in [0.1, 0.15) is 6.23 Å². The van der Waals surface area contributed by atoms with E-state index in [1.54, 1.807) is 16.7 Å². The third-order valence-electron chi connectivity index (χ3n) is 3.46. The summed E-state index contributed by atoms with van der Waals surface area (Å²) in [7, 11) is 0. The highest BCUT2D eigenvalue weighted by molar-refractivity contribution is 9.10. The fourth-order valence-electron chi connectivity index (χ4n) is 2.40. The molecule has 0 saturated carbocycles. The van der Waals surface area contributed by atoms with Crippen LogP contribution < -0.4 is 0 Å². The number of benzene rings is 1. The van der Waals surface area contributed by atoms with Gasteiger partial charge in [-0.2, -0.15) is 0 Å². The summed E-state index contributed by atoms with van der Waals surface area (Å²) < 4.78 is 7.46. The molecule has 1 aliphatic heterocycles. The zero-order valence-electron chi connectivity index (χ0n) is 10.4. The van der Waals surface area contributed by atoms with Crippen molar-refractivity contribution in [3.63, 3.8) is 0 Å². The number of aliphatic hydroxyl groups excluding tert-OH is 3. The molecular weight excluding hydrogens is 387 g/mol. The van der Waals surface area contributed by atoms with E-state index in [1.807, 2.05) is 0 Å². The summed E-state index contributed by atoms with van der Waals surface area (Å²) >= 11 is 15.3. The van der Waals surface area contributed by atoms with E-state index in [0.29, 0.717) is 25.8 Å². The van der Waals surface area contributed by atoms with Crippen LogP contribution >= 0.6 is 39.1 Å². The van der Waals surface area contributed by atoms with Crippen molar-refractivity contribution >= 4 is 50.2 Å². The van der Waals surface area contributed by atoms with E-state index in [9.17, 15) is 10.2 Å². The predicted octanol–water partition coefficient (Wildman–Crippen LogP) is 1.72. The minimum atomic E-state index is -1.20. The van der Waals surface area contributed by atoms with Crippen LogP contribution in [0.3, 0.4) is 0 Å². The summed E-state index contributed by atoms with van der Waals surface area (Å²) in [6.07, 6.45) is -4.15. The standard InChI is InChI=1S/C12H11BrCl2N2O4/c13-12-16-6-1-4(14)5(15)2-7(6)17(12)11-10(20)9(19)8(3-18)21-11/h1-2,8-11,18-20H,3H2/t8-,9+,10+,11+/m1/s1. The van der Waals surface area contributed by atoms with Crippen LogP contribution in [0.5, 0.6) is 0 Å². The van der Waals surface area contributed by atoms with Gasteiger partial charge in [0, 0.05) is 0 Å². The molecule has 2 heterocycles. The maximum atomic E-state index is 10.1. The maximum absolute atomic E-state index is 10.1. The Morgan fingerprint density at radius 3 is 2.52 bits per heavy atom. The van der Waals surface area contributed by atoms with E-state index in [-0.39, 0.29) is 0 Å². The third-order valence-corrected chi connectivity index (χ3v) is 4.74. The van der Waals surface area contributed by atoms with Crippen LogP contribution in [0.25, 0.3) is 11.0 Å². The van der Waals surface area contributed by atoms with Gasteiger partial charge in [0.05, 0.1) is 27.7 Å². The molecule has 1 aromatic heterocycles. The van der Waals surface area contributed by atoms with Gasteiger partial charge in [0.15, 0.2) is 11.0 Å². The molecule has 1 aliphatic rings. The van der Waals surface area contributed by atoms with Crippen molar-refractivity contribution in [2.45, 2.75) is 24.5 Å². The molecule has 4 atom stereocenters. The summed E-state index contributed by atoms with van der Waals surface area (Å²) in [4.78, 5) is 4.27. The Morgan fingerprint density at radius 1 is 1.24 bits per heavy atom. The van der Waals surface area contributed by atoms with E-state index in [2.05, 4.69) is 20.9 Å². The minimum Gasteiger partial charge on any atom is -0.394 e. The predicted molar refractivity (Wildman–Crippen MR) is 80.5 cm³/mol. The van der Waals surface area contributed by atoms with Crippen LogP contribution in [-0.4, -0.2) is 49.8 Å². The molecule has 114 valence electrons. The monoisotopic (exact) mass is 396 g/mol. The van der Waals surface area contributed by atoms with Gasteiger partial charge in [-0.15, -0.1) is 0 Å². The number of nitrogens with zero attached hydrogens (tertiary/aromatic N) is 2. The number of hydrogen-bond acceptors (Lipinski definition) is 5. The Kier molecular flexibility index (Phi) is 4.17. The first-order valence-corrected chi connectivity index (χ1v) is 7.64. The number of ether oxygens (including phenoxy) is 1. The lowest BCUT2D eigenvalue weighted by Gasteiger charge is -2.18. The van der Waals surface area contributed by atoms with Crippen molar-refractivity contribution in [3.05, 3.63) is 26.9 Å². The van der Waals surface area contributed by atoms with Crippen LogP contribution in [0.4, 0.5) is 0 Å². The van der Waals surface area contributed by atoms with Gasteiger partial charge in [0.1, 0.15) is 18.3 Å². The van der Waals surface area contributed by atoms with Crippen molar-refractivity contribution in [2.24, 2.45) is 0 Å². The molecule has 1 saturated heterocycles. The first-order valence-electron chi connectivity index (χ1n) is 6.09. The number of imidazole rings is 1. The highest BCUT2D eigenvalue weighted by atomic mass is 79.9.